The van der Waals surface area contributed by atoms with Crippen molar-refractivity contribution in [2.75, 3.05) is 16.2 Å². The molecule has 1 amide bonds. The van der Waals surface area contributed by atoms with Gasteiger partial charge in [0, 0.05) is 37.1 Å². The minimum absolute atomic E-state index is 0.0543. The van der Waals surface area contributed by atoms with Crippen LogP contribution in [-0.4, -0.2) is 30.8 Å². The number of rotatable bonds is 6. The third-order valence-corrected chi connectivity index (χ3v) is 5.78. The number of sulfonamides is 1. The summed E-state index contributed by atoms with van der Waals surface area (Å²) in [7, 11) is -3.79. The summed E-state index contributed by atoms with van der Waals surface area (Å²) in [4.78, 5) is 21.5. The van der Waals surface area contributed by atoms with Gasteiger partial charge in [0.2, 0.25) is 11.8 Å². The second-order valence-electron chi connectivity index (χ2n) is 6.42. The van der Waals surface area contributed by atoms with Gasteiger partial charge in [0.15, 0.2) is 0 Å². The quantitative estimate of drug-likeness (QED) is 0.670. The van der Waals surface area contributed by atoms with E-state index in [-0.39, 0.29) is 10.8 Å². The van der Waals surface area contributed by atoms with E-state index in [4.69, 9.17) is 4.74 Å². The lowest BCUT2D eigenvalue weighted by Gasteiger charge is -2.16. The molecule has 1 saturated heterocycles. The number of nitrogens with zero attached hydrogens (tertiary/aromatic N) is 3. The number of benzene rings is 2. The lowest BCUT2D eigenvalue weighted by Crippen LogP contribution is -2.23. The lowest BCUT2D eigenvalue weighted by atomic mass is 10.3. The number of aromatic nitrogens is 2. The molecule has 0 bridgehead atoms. The fraction of sp³-hybridized carbons (Fsp3) is 0.150. The first-order valence-electron chi connectivity index (χ1n) is 8.98. The fourth-order valence-electron chi connectivity index (χ4n) is 3.02. The molecule has 0 radical (unpaired) electrons. The average molecular weight is 410 g/mol. The smallest absolute Gasteiger partial charge is 0.261 e. The fourth-order valence-corrected chi connectivity index (χ4v) is 4.07. The minimum atomic E-state index is -3.79. The van der Waals surface area contributed by atoms with Crippen LogP contribution < -0.4 is 14.4 Å². The number of carbonyl (C=O) groups excluding carboxylic acids is 1. The Bertz CT molecular complexity index is 1120. The number of hydrogen-bond donors (Lipinski definition) is 1. The van der Waals surface area contributed by atoms with Gasteiger partial charge in [-0.2, -0.15) is 0 Å². The highest BCUT2D eigenvalue weighted by Gasteiger charge is 2.22. The van der Waals surface area contributed by atoms with Crippen molar-refractivity contribution in [1.29, 1.82) is 0 Å². The highest BCUT2D eigenvalue weighted by atomic mass is 32.2. The van der Waals surface area contributed by atoms with E-state index in [1.807, 2.05) is 0 Å². The maximum atomic E-state index is 12.7. The Labute approximate surface area is 168 Å². The Morgan fingerprint density at radius 2 is 1.90 bits per heavy atom. The second-order valence-corrected chi connectivity index (χ2v) is 8.10. The first-order chi connectivity index (χ1) is 14.0. The molecule has 2 heterocycles. The monoisotopic (exact) mass is 410 g/mol. The Kier molecular flexibility index (Phi) is 5.13. The summed E-state index contributed by atoms with van der Waals surface area (Å²) < 4.78 is 33.5. The highest BCUT2D eigenvalue weighted by Crippen LogP contribution is 2.26. The van der Waals surface area contributed by atoms with Gasteiger partial charge in [0.05, 0.1) is 16.8 Å². The first-order valence-corrected chi connectivity index (χ1v) is 10.5. The summed E-state index contributed by atoms with van der Waals surface area (Å²) in [6, 6.07) is 12.8. The lowest BCUT2D eigenvalue weighted by molar-refractivity contribution is -0.117. The maximum absolute atomic E-state index is 12.7. The summed E-state index contributed by atoms with van der Waals surface area (Å²) in [5.41, 5.74) is 1.05. The number of nitrogens with one attached hydrogen (secondary N) is 1. The predicted molar refractivity (Wildman–Crippen MR) is 107 cm³/mol. The van der Waals surface area contributed by atoms with Gasteiger partial charge in [-0.25, -0.2) is 13.4 Å². The zero-order valence-electron chi connectivity index (χ0n) is 15.4. The number of ether oxygens (including phenoxy) is 1. The number of carbonyl (C=O) groups is 1. The van der Waals surface area contributed by atoms with E-state index in [2.05, 4.69) is 14.7 Å². The van der Waals surface area contributed by atoms with Crippen LogP contribution in [0.5, 0.6) is 11.6 Å². The standard InChI is InChI=1S/C20H18N4O4S/c25-20-5-2-12-24(20)16-6-8-18(9-7-16)29(26,27)23-15-3-1-4-17(13-15)28-19-14-21-10-11-22-19/h1,3-4,6-11,13-14,23H,2,5,12H2. The molecule has 1 aliphatic heterocycles. The minimum Gasteiger partial charge on any atom is -0.437 e. The van der Waals surface area contributed by atoms with Crippen molar-refractivity contribution < 1.29 is 17.9 Å². The van der Waals surface area contributed by atoms with Gasteiger partial charge in [-0.05, 0) is 42.8 Å². The SMILES string of the molecule is O=C1CCCN1c1ccc(S(=O)(=O)Nc2cccc(Oc3cnccn3)c2)cc1. The van der Waals surface area contributed by atoms with Gasteiger partial charge < -0.3 is 9.64 Å². The third-order valence-electron chi connectivity index (χ3n) is 4.38. The zero-order valence-corrected chi connectivity index (χ0v) is 16.2. The molecule has 0 spiro atoms. The predicted octanol–water partition coefficient (Wildman–Crippen LogP) is 3.20. The first kappa shape index (κ1) is 18.9. The van der Waals surface area contributed by atoms with E-state index in [9.17, 15) is 13.2 Å². The van der Waals surface area contributed by atoms with Crippen LogP contribution in [0.1, 0.15) is 12.8 Å². The van der Waals surface area contributed by atoms with Gasteiger partial charge in [-0.3, -0.25) is 14.5 Å². The van der Waals surface area contributed by atoms with Crippen molar-refractivity contribution in [3.8, 4) is 11.6 Å². The molecule has 0 aliphatic carbocycles. The Morgan fingerprint density at radius 3 is 2.59 bits per heavy atom. The number of hydrogen-bond acceptors (Lipinski definition) is 6. The van der Waals surface area contributed by atoms with Crippen molar-refractivity contribution >= 4 is 27.3 Å². The number of anilines is 2. The Morgan fingerprint density at radius 1 is 1.07 bits per heavy atom. The zero-order chi connectivity index (χ0) is 20.3. The normalized spacial score (nSPS) is 14.1. The van der Waals surface area contributed by atoms with Crippen LogP contribution in [0.15, 0.2) is 72.0 Å². The molecule has 0 saturated carbocycles. The molecular weight excluding hydrogens is 392 g/mol. The van der Waals surface area contributed by atoms with E-state index >= 15 is 0 Å². The van der Waals surface area contributed by atoms with Crippen LogP contribution in [0.4, 0.5) is 11.4 Å². The molecule has 148 valence electrons. The van der Waals surface area contributed by atoms with E-state index in [0.717, 1.165) is 6.42 Å². The molecule has 3 aromatic rings. The molecule has 8 nitrogen and oxygen atoms in total. The van der Waals surface area contributed by atoms with Gasteiger partial charge >= 0.3 is 0 Å². The largest absolute Gasteiger partial charge is 0.437 e. The molecule has 29 heavy (non-hydrogen) atoms. The van der Waals surface area contributed by atoms with Crippen LogP contribution >= 0.6 is 0 Å². The van der Waals surface area contributed by atoms with Gasteiger partial charge in [-0.1, -0.05) is 6.07 Å². The summed E-state index contributed by atoms with van der Waals surface area (Å²) in [6.45, 7) is 0.655. The van der Waals surface area contributed by atoms with Crippen molar-refractivity contribution in [3.63, 3.8) is 0 Å². The van der Waals surface area contributed by atoms with E-state index in [1.165, 1.54) is 30.7 Å². The molecule has 2 aromatic carbocycles. The van der Waals surface area contributed by atoms with Crippen LogP contribution in [0.25, 0.3) is 0 Å². The van der Waals surface area contributed by atoms with E-state index in [0.29, 0.717) is 36.0 Å². The topological polar surface area (TPSA) is 101 Å². The van der Waals surface area contributed by atoms with Gasteiger partial charge in [0.1, 0.15) is 5.75 Å². The molecular formula is C20H18N4O4S. The molecule has 4 rings (SSSR count). The third kappa shape index (κ3) is 4.35. The van der Waals surface area contributed by atoms with Crippen molar-refractivity contribution in [1.82, 2.24) is 9.97 Å². The Hall–Kier alpha value is -3.46. The molecule has 0 unspecified atom stereocenters. The second kappa shape index (κ2) is 7.88. The van der Waals surface area contributed by atoms with Gasteiger partial charge in [-0.15, -0.1) is 0 Å². The van der Waals surface area contributed by atoms with Gasteiger partial charge in [0.25, 0.3) is 10.0 Å². The van der Waals surface area contributed by atoms with E-state index < -0.39 is 10.0 Å². The summed E-state index contributed by atoms with van der Waals surface area (Å²) in [5.74, 6) is 0.784. The molecule has 1 aromatic heterocycles. The van der Waals surface area contributed by atoms with Crippen molar-refractivity contribution in [2.45, 2.75) is 17.7 Å². The number of amides is 1. The molecule has 1 aliphatic rings. The molecule has 0 atom stereocenters. The van der Waals surface area contributed by atoms with E-state index in [1.54, 1.807) is 41.3 Å². The van der Waals surface area contributed by atoms with Crippen LogP contribution in [0.3, 0.4) is 0 Å². The van der Waals surface area contributed by atoms with Crippen LogP contribution in [-0.2, 0) is 14.8 Å². The summed E-state index contributed by atoms with van der Waals surface area (Å²) in [5, 5.41) is 0. The Balaban J connectivity index is 1.50. The average Bonchev–Trinajstić information content (AvgIpc) is 3.15. The highest BCUT2D eigenvalue weighted by molar-refractivity contribution is 7.92. The van der Waals surface area contributed by atoms with Crippen LogP contribution in [0, 0.1) is 0 Å². The summed E-state index contributed by atoms with van der Waals surface area (Å²) in [6.07, 6.45) is 5.83. The maximum Gasteiger partial charge on any atom is 0.261 e. The molecule has 1 N–H and O–H groups in total. The van der Waals surface area contributed by atoms with Crippen molar-refractivity contribution in [2.24, 2.45) is 0 Å². The van der Waals surface area contributed by atoms with Crippen molar-refractivity contribution in [3.05, 3.63) is 67.1 Å². The molecule has 1 fully saturated rings. The molecule has 9 heteroatoms. The summed E-state index contributed by atoms with van der Waals surface area (Å²) >= 11 is 0. The van der Waals surface area contributed by atoms with Crippen LogP contribution in [0.2, 0.25) is 0 Å².